The average Bonchev–Trinajstić information content (AvgIpc) is 2.63. The Labute approximate surface area is 158 Å². The Morgan fingerprint density at radius 2 is 1.56 bits per heavy atom. The fourth-order valence-electron chi connectivity index (χ4n) is 2.74. The smallest absolute Gasteiger partial charge is 0.337 e. The van der Waals surface area contributed by atoms with E-state index < -0.39 is 0 Å². The quantitative estimate of drug-likeness (QED) is 0.642. The Morgan fingerprint density at radius 1 is 0.889 bits per heavy atom. The maximum absolute atomic E-state index is 11.5. The Kier molecular flexibility index (Phi) is 5.35. The van der Waals surface area contributed by atoms with E-state index in [2.05, 4.69) is 46.6 Å². The molecular weight excluding hydrogens is 340 g/mol. The number of hydrogen-bond acceptors (Lipinski definition) is 6. The molecule has 27 heavy (non-hydrogen) atoms. The standard InChI is InChI=1S/C21H22N4O2/c1-13-5-10-18(14(2)11-13)25-20-12-19(22-15(3)23-20)24-17-8-6-16(7-9-17)21(26)27-4/h5-12H,1-4H3,(H2,22,23,24,25). The van der Waals surface area contributed by atoms with Gasteiger partial charge in [0.05, 0.1) is 12.7 Å². The number of methoxy groups -OCH3 is 1. The van der Waals surface area contributed by atoms with E-state index in [1.54, 1.807) is 24.3 Å². The number of ether oxygens (including phenoxy) is 1. The van der Waals surface area contributed by atoms with E-state index in [9.17, 15) is 4.79 Å². The Morgan fingerprint density at radius 3 is 2.19 bits per heavy atom. The molecule has 0 saturated heterocycles. The fourth-order valence-corrected chi connectivity index (χ4v) is 2.74. The Hall–Kier alpha value is -3.41. The van der Waals surface area contributed by atoms with Gasteiger partial charge in [0.25, 0.3) is 0 Å². The second-order valence-corrected chi connectivity index (χ2v) is 6.32. The monoisotopic (exact) mass is 362 g/mol. The minimum absolute atomic E-state index is 0.362. The third kappa shape index (κ3) is 4.61. The minimum Gasteiger partial charge on any atom is -0.465 e. The van der Waals surface area contributed by atoms with Gasteiger partial charge in [-0.3, -0.25) is 0 Å². The first kappa shape index (κ1) is 18.4. The third-order valence-electron chi connectivity index (χ3n) is 4.06. The predicted molar refractivity (Wildman–Crippen MR) is 107 cm³/mol. The minimum atomic E-state index is -0.362. The van der Waals surface area contributed by atoms with Crippen LogP contribution in [0.5, 0.6) is 0 Å². The van der Waals surface area contributed by atoms with Crippen molar-refractivity contribution in [2.75, 3.05) is 17.7 Å². The first-order valence-corrected chi connectivity index (χ1v) is 8.60. The molecule has 1 aromatic heterocycles. The second kappa shape index (κ2) is 7.86. The molecule has 0 aliphatic rings. The summed E-state index contributed by atoms with van der Waals surface area (Å²) in [5.41, 5.74) is 4.69. The van der Waals surface area contributed by atoms with Crippen molar-refractivity contribution in [3.8, 4) is 0 Å². The highest BCUT2D eigenvalue weighted by molar-refractivity contribution is 5.89. The summed E-state index contributed by atoms with van der Waals surface area (Å²) in [4.78, 5) is 20.4. The number of anilines is 4. The van der Waals surface area contributed by atoms with E-state index in [0.29, 0.717) is 23.0 Å². The van der Waals surface area contributed by atoms with Gasteiger partial charge >= 0.3 is 5.97 Å². The van der Waals surface area contributed by atoms with E-state index in [1.165, 1.54) is 12.7 Å². The highest BCUT2D eigenvalue weighted by Gasteiger charge is 2.07. The highest BCUT2D eigenvalue weighted by atomic mass is 16.5. The van der Waals surface area contributed by atoms with Gasteiger partial charge in [0.1, 0.15) is 17.5 Å². The summed E-state index contributed by atoms with van der Waals surface area (Å²) < 4.78 is 4.71. The van der Waals surface area contributed by atoms with Crippen molar-refractivity contribution in [1.29, 1.82) is 0 Å². The largest absolute Gasteiger partial charge is 0.465 e. The van der Waals surface area contributed by atoms with Crippen molar-refractivity contribution in [3.63, 3.8) is 0 Å². The van der Waals surface area contributed by atoms with Crippen LogP contribution in [0, 0.1) is 20.8 Å². The van der Waals surface area contributed by atoms with Crippen molar-refractivity contribution < 1.29 is 9.53 Å². The molecule has 0 atom stereocenters. The average molecular weight is 362 g/mol. The number of carbonyl (C=O) groups excluding carboxylic acids is 1. The molecule has 0 amide bonds. The van der Waals surface area contributed by atoms with Crippen molar-refractivity contribution in [2.24, 2.45) is 0 Å². The normalized spacial score (nSPS) is 10.4. The van der Waals surface area contributed by atoms with Crippen LogP contribution in [0.2, 0.25) is 0 Å². The van der Waals surface area contributed by atoms with E-state index >= 15 is 0 Å². The first-order valence-electron chi connectivity index (χ1n) is 8.60. The summed E-state index contributed by atoms with van der Waals surface area (Å²) in [6, 6.07) is 15.1. The van der Waals surface area contributed by atoms with Gasteiger partial charge in [-0.1, -0.05) is 17.7 Å². The number of esters is 1. The van der Waals surface area contributed by atoms with Crippen molar-refractivity contribution >= 4 is 29.0 Å². The van der Waals surface area contributed by atoms with Crippen LogP contribution >= 0.6 is 0 Å². The number of aromatic nitrogens is 2. The fraction of sp³-hybridized carbons (Fsp3) is 0.190. The van der Waals surface area contributed by atoms with Crippen LogP contribution in [0.25, 0.3) is 0 Å². The Balaban J connectivity index is 1.79. The topological polar surface area (TPSA) is 76.1 Å². The van der Waals surface area contributed by atoms with Crippen LogP contribution in [0.15, 0.2) is 48.5 Å². The maximum Gasteiger partial charge on any atom is 0.337 e. The van der Waals surface area contributed by atoms with Crippen molar-refractivity contribution in [2.45, 2.75) is 20.8 Å². The molecule has 138 valence electrons. The summed E-state index contributed by atoms with van der Waals surface area (Å²) in [5, 5.41) is 6.58. The van der Waals surface area contributed by atoms with Gasteiger partial charge in [0.15, 0.2) is 0 Å². The van der Waals surface area contributed by atoms with Gasteiger partial charge < -0.3 is 15.4 Å². The van der Waals surface area contributed by atoms with Crippen LogP contribution in [-0.2, 0) is 4.74 Å². The molecule has 6 heteroatoms. The van der Waals surface area contributed by atoms with Crippen LogP contribution < -0.4 is 10.6 Å². The lowest BCUT2D eigenvalue weighted by molar-refractivity contribution is 0.0601. The van der Waals surface area contributed by atoms with Gasteiger partial charge in [-0.25, -0.2) is 14.8 Å². The number of aryl methyl sites for hydroxylation is 3. The number of nitrogens with zero attached hydrogens (tertiary/aromatic N) is 2. The SMILES string of the molecule is COC(=O)c1ccc(Nc2cc(Nc3ccc(C)cc3C)nc(C)n2)cc1. The number of nitrogens with one attached hydrogen (secondary N) is 2. The van der Waals surface area contributed by atoms with Crippen LogP contribution in [0.4, 0.5) is 23.0 Å². The van der Waals surface area contributed by atoms with Crippen molar-refractivity contribution in [3.05, 3.63) is 71.0 Å². The number of rotatable bonds is 5. The molecule has 0 bridgehead atoms. The molecule has 0 fully saturated rings. The zero-order valence-corrected chi connectivity index (χ0v) is 15.8. The third-order valence-corrected chi connectivity index (χ3v) is 4.06. The number of carbonyl (C=O) groups is 1. The van der Waals surface area contributed by atoms with Gasteiger partial charge in [-0.2, -0.15) is 0 Å². The molecule has 0 spiro atoms. The molecule has 0 aliphatic heterocycles. The second-order valence-electron chi connectivity index (χ2n) is 6.32. The molecule has 0 aliphatic carbocycles. The van der Waals surface area contributed by atoms with E-state index in [-0.39, 0.29) is 5.97 Å². The molecule has 3 aromatic rings. The van der Waals surface area contributed by atoms with E-state index in [0.717, 1.165) is 16.9 Å². The molecule has 3 rings (SSSR count). The first-order chi connectivity index (χ1) is 12.9. The molecule has 2 N–H and O–H groups in total. The van der Waals surface area contributed by atoms with Crippen LogP contribution in [0.1, 0.15) is 27.3 Å². The summed E-state index contributed by atoms with van der Waals surface area (Å²) >= 11 is 0. The number of hydrogen-bond donors (Lipinski definition) is 2. The van der Waals surface area contributed by atoms with Crippen molar-refractivity contribution in [1.82, 2.24) is 9.97 Å². The zero-order chi connectivity index (χ0) is 19.4. The highest BCUT2D eigenvalue weighted by Crippen LogP contribution is 2.23. The van der Waals surface area contributed by atoms with E-state index in [1.807, 2.05) is 19.1 Å². The molecule has 2 aromatic carbocycles. The Bertz CT molecular complexity index is 968. The molecule has 0 saturated carbocycles. The molecule has 6 nitrogen and oxygen atoms in total. The van der Waals surface area contributed by atoms with Gasteiger partial charge in [0.2, 0.25) is 0 Å². The van der Waals surface area contributed by atoms with Crippen LogP contribution in [0.3, 0.4) is 0 Å². The van der Waals surface area contributed by atoms with E-state index in [4.69, 9.17) is 4.74 Å². The zero-order valence-electron chi connectivity index (χ0n) is 15.8. The van der Waals surface area contributed by atoms with Gasteiger partial charge in [-0.15, -0.1) is 0 Å². The summed E-state index contributed by atoms with van der Waals surface area (Å²) in [6.45, 7) is 5.98. The molecule has 0 unspecified atom stereocenters. The lowest BCUT2D eigenvalue weighted by Gasteiger charge is -2.12. The predicted octanol–water partition coefficient (Wildman–Crippen LogP) is 4.68. The molecule has 0 radical (unpaired) electrons. The number of benzene rings is 2. The van der Waals surface area contributed by atoms with Crippen LogP contribution in [-0.4, -0.2) is 23.0 Å². The summed E-state index contributed by atoms with van der Waals surface area (Å²) in [6.07, 6.45) is 0. The van der Waals surface area contributed by atoms with Gasteiger partial charge in [-0.05, 0) is 56.7 Å². The summed E-state index contributed by atoms with van der Waals surface area (Å²) in [5.74, 6) is 1.67. The molecular formula is C21H22N4O2. The van der Waals surface area contributed by atoms with Gasteiger partial charge in [0, 0.05) is 17.4 Å². The molecule has 1 heterocycles. The maximum atomic E-state index is 11.5. The lowest BCUT2D eigenvalue weighted by atomic mass is 10.1. The lowest BCUT2D eigenvalue weighted by Crippen LogP contribution is -2.03. The summed E-state index contributed by atoms with van der Waals surface area (Å²) in [7, 11) is 1.36.